The Labute approximate surface area is 140 Å². The van der Waals surface area contributed by atoms with E-state index < -0.39 is 18.1 Å². The second kappa shape index (κ2) is 9.32. The Hall–Kier alpha value is -2.86. The Morgan fingerprint density at radius 2 is 1.46 bits per heavy atom. The van der Waals surface area contributed by atoms with Gasteiger partial charge in [-0.3, -0.25) is 0 Å². The van der Waals surface area contributed by atoms with Crippen molar-refractivity contribution < 1.29 is 24.2 Å². The summed E-state index contributed by atoms with van der Waals surface area (Å²) in [5.41, 5.74) is 1.74. The first kappa shape index (κ1) is 17.5. The monoisotopic (exact) mass is 329 g/mol. The third-order valence-electron chi connectivity index (χ3n) is 3.20. The normalized spacial score (nSPS) is 11.5. The lowest BCUT2D eigenvalue weighted by atomic mass is 10.2. The molecule has 1 amide bonds. The molecule has 0 fully saturated rings. The lowest BCUT2D eigenvalue weighted by Crippen LogP contribution is -2.44. The molecule has 0 heterocycles. The number of benzene rings is 2. The SMILES string of the molecule is O=C(N[C@H](COCc1ccccc1)C(=O)O)OCc1ccccc1. The van der Waals surface area contributed by atoms with E-state index in [9.17, 15) is 9.59 Å². The number of amides is 1. The molecule has 2 aromatic rings. The number of carbonyl (C=O) groups is 2. The highest BCUT2D eigenvalue weighted by Gasteiger charge is 2.21. The van der Waals surface area contributed by atoms with Crippen LogP contribution in [0.2, 0.25) is 0 Å². The van der Waals surface area contributed by atoms with Gasteiger partial charge in [0.2, 0.25) is 0 Å². The van der Waals surface area contributed by atoms with Crippen molar-refractivity contribution in [2.24, 2.45) is 0 Å². The molecule has 0 aliphatic carbocycles. The van der Waals surface area contributed by atoms with Gasteiger partial charge in [0.1, 0.15) is 6.61 Å². The number of carbonyl (C=O) groups excluding carboxylic acids is 1. The molecule has 0 spiro atoms. The number of carboxylic acid groups (broad SMARTS) is 1. The first-order valence-electron chi connectivity index (χ1n) is 7.47. The van der Waals surface area contributed by atoms with Crippen molar-refractivity contribution in [2.45, 2.75) is 19.3 Å². The Morgan fingerprint density at radius 3 is 2.00 bits per heavy atom. The predicted molar refractivity (Wildman–Crippen MR) is 87.3 cm³/mol. The van der Waals surface area contributed by atoms with Crippen LogP contribution in [0, 0.1) is 0 Å². The third kappa shape index (κ3) is 6.10. The fourth-order valence-corrected chi connectivity index (χ4v) is 1.95. The maximum atomic E-state index is 11.7. The minimum Gasteiger partial charge on any atom is -0.480 e. The lowest BCUT2D eigenvalue weighted by Gasteiger charge is -2.15. The second-order valence-corrected chi connectivity index (χ2v) is 5.10. The van der Waals surface area contributed by atoms with Gasteiger partial charge in [-0.15, -0.1) is 0 Å². The summed E-state index contributed by atoms with van der Waals surface area (Å²) >= 11 is 0. The van der Waals surface area contributed by atoms with E-state index in [1.807, 2.05) is 60.7 Å². The molecular formula is C18H19NO5. The Morgan fingerprint density at radius 1 is 0.917 bits per heavy atom. The molecule has 0 saturated heterocycles. The van der Waals surface area contributed by atoms with Crippen molar-refractivity contribution in [1.29, 1.82) is 0 Å². The van der Waals surface area contributed by atoms with E-state index >= 15 is 0 Å². The standard InChI is InChI=1S/C18H19NO5/c20-17(21)16(13-23-11-14-7-3-1-4-8-14)19-18(22)24-12-15-9-5-2-6-10-15/h1-10,16H,11-13H2,(H,19,22)(H,20,21)/t16-/m1/s1. The number of aliphatic carboxylic acids is 1. The van der Waals surface area contributed by atoms with Crippen LogP contribution in [0.4, 0.5) is 4.79 Å². The van der Waals surface area contributed by atoms with Crippen molar-refractivity contribution in [3.05, 3.63) is 71.8 Å². The highest BCUT2D eigenvalue weighted by atomic mass is 16.5. The predicted octanol–water partition coefficient (Wildman–Crippen LogP) is 2.58. The quantitative estimate of drug-likeness (QED) is 0.777. The van der Waals surface area contributed by atoms with Crippen LogP contribution in [0.15, 0.2) is 60.7 Å². The first-order chi connectivity index (χ1) is 11.6. The van der Waals surface area contributed by atoms with Gasteiger partial charge < -0.3 is 19.9 Å². The molecule has 2 aromatic carbocycles. The molecule has 0 aliphatic heterocycles. The highest BCUT2D eigenvalue weighted by Crippen LogP contribution is 2.03. The fraction of sp³-hybridized carbons (Fsp3) is 0.222. The Kier molecular flexibility index (Phi) is 6.79. The van der Waals surface area contributed by atoms with Crippen molar-refractivity contribution in [3.8, 4) is 0 Å². The maximum absolute atomic E-state index is 11.7. The number of rotatable bonds is 8. The first-order valence-corrected chi connectivity index (χ1v) is 7.47. The van der Waals surface area contributed by atoms with Gasteiger partial charge in [0, 0.05) is 0 Å². The largest absolute Gasteiger partial charge is 0.480 e. The summed E-state index contributed by atoms with van der Waals surface area (Å²) in [4.78, 5) is 22.9. The molecule has 126 valence electrons. The third-order valence-corrected chi connectivity index (χ3v) is 3.20. The number of hydrogen-bond donors (Lipinski definition) is 2. The van der Waals surface area contributed by atoms with E-state index in [1.165, 1.54) is 0 Å². The average molecular weight is 329 g/mol. The molecule has 1 atom stereocenters. The fourth-order valence-electron chi connectivity index (χ4n) is 1.95. The van der Waals surface area contributed by atoms with E-state index in [0.717, 1.165) is 11.1 Å². The van der Waals surface area contributed by atoms with Crippen LogP contribution in [-0.4, -0.2) is 29.8 Å². The smallest absolute Gasteiger partial charge is 0.408 e. The zero-order valence-corrected chi connectivity index (χ0v) is 13.1. The van der Waals surface area contributed by atoms with E-state index in [4.69, 9.17) is 14.6 Å². The molecule has 2 N–H and O–H groups in total. The number of ether oxygens (including phenoxy) is 2. The van der Waals surface area contributed by atoms with Crippen molar-refractivity contribution in [3.63, 3.8) is 0 Å². The Bertz CT molecular complexity index is 645. The molecule has 0 saturated carbocycles. The van der Waals surface area contributed by atoms with Crippen LogP contribution < -0.4 is 5.32 Å². The average Bonchev–Trinajstić information content (AvgIpc) is 2.61. The van der Waals surface area contributed by atoms with Crippen LogP contribution in [0.1, 0.15) is 11.1 Å². The molecule has 2 rings (SSSR count). The van der Waals surface area contributed by atoms with E-state index in [-0.39, 0.29) is 19.8 Å². The topological polar surface area (TPSA) is 84.9 Å². The van der Waals surface area contributed by atoms with Crippen LogP contribution in [0.25, 0.3) is 0 Å². The maximum Gasteiger partial charge on any atom is 0.408 e. The summed E-state index contributed by atoms with van der Waals surface area (Å²) in [6.45, 7) is 0.194. The van der Waals surface area contributed by atoms with Gasteiger partial charge in [-0.2, -0.15) is 0 Å². The molecule has 0 bridgehead atoms. The number of nitrogens with one attached hydrogen (secondary N) is 1. The van der Waals surface area contributed by atoms with Crippen LogP contribution in [0.5, 0.6) is 0 Å². The number of alkyl carbamates (subject to hydrolysis) is 1. The molecular weight excluding hydrogens is 310 g/mol. The summed E-state index contributed by atoms with van der Waals surface area (Å²) < 4.78 is 10.4. The van der Waals surface area contributed by atoms with Crippen molar-refractivity contribution in [1.82, 2.24) is 5.32 Å². The zero-order valence-electron chi connectivity index (χ0n) is 13.1. The lowest BCUT2D eigenvalue weighted by molar-refractivity contribution is -0.141. The molecule has 0 aromatic heterocycles. The van der Waals surface area contributed by atoms with Crippen LogP contribution in [0.3, 0.4) is 0 Å². The van der Waals surface area contributed by atoms with Gasteiger partial charge in [0.25, 0.3) is 0 Å². The molecule has 0 radical (unpaired) electrons. The zero-order chi connectivity index (χ0) is 17.2. The molecule has 6 heteroatoms. The Balaban J connectivity index is 1.75. The van der Waals surface area contributed by atoms with E-state index in [2.05, 4.69) is 5.32 Å². The number of hydrogen-bond acceptors (Lipinski definition) is 4. The molecule has 0 unspecified atom stereocenters. The molecule has 6 nitrogen and oxygen atoms in total. The van der Waals surface area contributed by atoms with Crippen molar-refractivity contribution in [2.75, 3.05) is 6.61 Å². The summed E-state index contributed by atoms with van der Waals surface area (Å²) in [5.74, 6) is -1.18. The second-order valence-electron chi connectivity index (χ2n) is 5.10. The summed E-state index contributed by atoms with van der Waals surface area (Å²) in [7, 11) is 0. The van der Waals surface area contributed by atoms with Gasteiger partial charge in [0.15, 0.2) is 6.04 Å². The van der Waals surface area contributed by atoms with Gasteiger partial charge in [0.05, 0.1) is 13.2 Å². The van der Waals surface area contributed by atoms with Gasteiger partial charge >= 0.3 is 12.1 Å². The minimum absolute atomic E-state index is 0.0733. The number of carboxylic acids is 1. The van der Waals surface area contributed by atoms with E-state index in [0.29, 0.717) is 0 Å². The summed E-state index contributed by atoms with van der Waals surface area (Å²) in [5, 5.41) is 11.4. The summed E-state index contributed by atoms with van der Waals surface area (Å²) in [6.07, 6.45) is -0.797. The van der Waals surface area contributed by atoms with E-state index in [1.54, 1.807) is 0 Å². The van der Waals surface area contributed by atoms with Crippen LogP contribution in [-0.2, 0) is 27.5 Å². The van der Waals surface area contributed by atoms with Crippen LogP contribution >= 0.6 is 0 Å². The molecule has 24 heavy (non-hydrogen) atoms. The van der Waals surface area contributed by atoms with Gasteiger partial charge in [-0.25, -0.2) is 9.59 Å². The molecule has 0 aliphatic rings. The van der Waals surface area contributed by atoms with Gasteiger partial charge in [-0.05, 0) is 11.1 Å². The minimum atomic E-state index is -1.18. The highest BCUT2D eigenvalue weighted by molar-refractivity contribution is 5.80. The summed E-state index contributed by atoms with van der Waals surface area (Å²) in [6, 6.07) is 17.3. The van der Waals surface area contributed by atoms with Crippen molar-refractivity contribution >= 4 is 12.1 Å². The van der Waals surface area contributed by atoms with Gasteiger partial charge in [-0.1, -0.05) is 60.7 Å².